The Balaban J connectivity index is 1.73. The van der Waals surface area contributed by atoms with Crippen LogP contribution in [-0.4, -0.2) is 33.0 Å². The summed E-state index contributed by atoms with van der Waals surface area (Å²) in [7, 11) is -3.47. The van der Waals surface area contributed by atoms with Crippen molar-refractivity contribution in [3.05, 3.63) is 52.7 Å². The van der Waals surface area contributed by atoms with Crippen LogP contribution in [0.1, 0.15) is 30.7 Å². The fraction of sp³-hybridized carbons (Fsp3) is 0.444. The van der Waals surface area contributed by atoms with Crippen molar-refractivity contribution in [1.82, 2.24) is 9.62 Å². The summed E-state index contributed by atoms with van der Waals surface area (Å²) in [6.45, 7) is 4.75. The molecule has 0 spiro atoms. The van der Waals surface area contributed by atoms with Gasteiger partial charge < -0.3 is 0 Å². The fourth-order valence-corrected chi connectivity index (χ4v) is 5.02. The minimum Gasteiger partial charge on any atom is -0.294 e. The van der Waals surface area contributed by atoms with Gasteiger partial charge in [-0.1, -0.05) is 31.2 Å². The summed E-state index contributed by atoms with van der Waals surface area (Å²) < 4.78 is 27.8. The first-order chi connectivity index (χ1) is 11.6. The normalized spacial score (nSPS) is 18.5. The highest BCUT2D eigenvalue weighted by Crippen LogP contribution is 2.29. The van der Waals surface area contributed by atoms with Crippen LogP contribution in [0, 0.1) is 5.92 Å². The first-order valence-corrected chi connectivity index (χ1v) is 10.7. The van der Waals surface area contributed by atoms with Crippen molar-refractivity contribution in [2.75, 3.05) is 19.6 Å². The Hall–Kier alpha value is -1.21. The third kappa shape index (κ3) is 4.25. The Bertz CT molecular complexity index is 722. The highest BCUT2D eigenvalue weighted by atomic mass is 32.2. The van der Waals surface area contributed by atoms with Crippen LogP contribution in [0.2, 0.25) is 0 Å². The molecule has 2 aromatic rings. The van der Waals surface area contributed by atoms with Crippen LogP contribution in [0.5, 0.6) is 0 Å². The van der Waals surface area contributed by atoms with Crippen molar-refractivity contribution < 1.29 is 8.42 Å². The number of hydrogen-bond donors (Lipinski definition) is 1. The van der Waals surface area contributed by atoms with E-state index < -0.39 is 10.0 Å². The molecule has 3 rings (SSSR count). The number of nitrogens with zero attached hydrogens (tertiary/aromatic N) is 1. The minimum absolute atomic E-state index is 0.107. The molecule has 0 aliphatic carbocycles. The standard InChI is InChI=1S/C18H24N2O2S2/c1-15-9-11-20(12-10-15)17(18-8-5-13-23-18)14-19-24(21,22)16-6-3-2-4-7-16/h2-8,13,15,17,19H,9-12,14H2,1H3. The van der Waals surface area contributed by atoms with Gasteiger partial charge in [-0.3, -0.25) is 4.90 Å². The van der Waals surface area contributed by atoms with E-state index in [0.717, 1.165) is 19.0 Å². The minimum atomic E-state index is -3.47. The van der Waals surface area contributed by atoms with E-state index in [2.05, 4.69) is 28.0 Å². The molecular formula is C18H24N2O2S2. The van der Waals surface area contributed by atoms with E-state index in [1.807, 2.05) is 12.1 Å². The van der Waals surface area contributed by atoms with Crippen molar-refractivity contribution in [1.29, 1.82) is 0 Å². The molecule has 4 nitrogen and oxygen atoms in total. The number of thiophene rings is 1. The molecule has 6 heteroatoms. The Labute approximate surface area is 148 Å². The summed E-state index contributed by atoms with van der Waals surface area (Å²) in [5, 5.41) is 2.06. The predicted molar refractivity (Wildman–Crippen MR) is 98.7 cm³/mol. The second kappa shape index (κ2) is 7.78. The van der Waals surface area contributed by atoms with Crippen molar-refractivity contribution in [3.8, 4) is 0 Å². The van der Waals surface area contributed by atoms with E-state index in [-0.39, 0.29) is 6.04 Å². The Morgan fingerprint density at radius 1 is 1.17 bits per heavy atom. The van der Waals surface area contributed by atoms with Crippen LogP contribution in [0.15, 0.2) is 52.7 Å². The monoisotopic (exact) mass is 364 g/mol. The van der Waals surface area contributed by atoms with Gasteiger partial charge in [0.25, 0.3) is 0 Å². The lowest BCUT2D eigenvalue weighted by molar-refractivity contribution is 0.141. The average molecular weight is 365 g/mol. The number of benzene rings is 1. The van der Waals surface area contributed by atoms with Gasteiger partial charge in [-0.05, 0) is 55.4 Å². The lowest BCUT2D eigenvalue weighted by atomic mass is 9.97. The van der Waals surface area contributed by atoms with Crippen molar-refractivity contribution in [2.45, 2.75) is 30.7 Å². The molecule has 0 amide bonds. The summed E-state index contributed by atoms with van der Waals surface area (Å²) in [5.74, 6) is 0.756. The number of nitrogens with one attached hydrogen (secondary N) is 1. The van der Waals surface area contributed by atoms with E-state index in [4.69, 9.17) is 0 Å². The summed E-state index contributed by atoms with van der Waals surface area (Å²) in [6, 6.07) is 12.8. The second-order valence-electron chi connectivity index (χ2n) is 6.41. The van der Waals surface area contributed by atoms with E-state index in [0.29, 0.717) is 11.4 Å². The molecule has 1 aromatic heterocycles. The molecule has 130 valence electrons. The molecule has 2 heterocycles. The molecule has 1 aliphatic rings. The van der Waals surface area contributed by atoms with Gasteiger partial charge in [0.2, 0.25) is 10.0 Å². The smallest absolute Gasteiger partial charge is 0.240 e. The van der Waals surface area contributed by atoms with E-state index in [1.54, 1.807) is 35.6 Å². The third-order valence-electron chi connectivity index (χ3n) is 4.65. The van der Waals surface area contributed by atoms with Crippen LogP contribution < -0.4 is 4.72 Å². The molecule has 1 N–H and O–H groups in total. The van der Waals surface area contributed by atoms with Gasteiger partial charge in [0.15, 0.2) is 0 Å². The molecule has 0 bridgehead atoms. The predicted octanol–water partition coefficient (Wildman–Crippen LogP) is 3.50. The van der Waals surface area contributed by atoms with Crippen molar-refractivity contribution in [2.24, 2.45) is 5.92 Å². The molecule has 0 saturated carbocycles. The zero-order valence-corrected chi connectivity index (χ0v) is 15.5. The molecule has 1 unspecified atom stereocenters. The highest BCUT2D eigenvalue weighted by molar-refractivity contribution is 7.89. The van der Waals surface area contributed by atoms with Gasteiger partial charge in [-0.2, -0.15) is 0 Å². The Morgan fingerprint density at radius 2 is 1.88 bits per heavy atom. The Kier molecular flexibility index (Phi) is 5.71. The van der Waals surface area contributed by atoms with E-state index >= 15 is 0 Å². The molecule has 0 radical (unpaired) electrons. The van der Waals surface area contributed by atoms with Crippen LogP contribution in [0.3, 0.4) is 0 Å². The van der Waals surface area contributed by atoms with Crippen molar-refractivity contribution in [3.63, 3.8) is 0 Å². The van der Waals surface area contributed by atoms with Gasteiger partial charge in [0, 0.05) is 11.4 Å². The van der Waals surface area contributed by atoms with E-state index in [1.165, 1.54) is 17.7 Å². The van der Waals surface area contributed by atoms with Gasteiger partial charge in [-0.15, -0.1) is 11.3 Å². The average Bonchev–Trinajstić information content (AvgIpc) is 3.12. The molecule has 1 atom stereocenters. The maximum Gasteiger partial charge on any atom is 0.240 e. The first-order valence-electron chi connectivity index (χ1n) is 8.38. The number of likely N-dealkylation sites (tertiary alicyclic amines) is 1. The molecular weight excluding hydrogens is 340 g/mol. The molecule has 1 aromatic carbocycles. The molecule has 1 aliphatic heterocycles. The molecule has 24 heavy (non-hydrogen) atoms. The van der Waals surface area contributed by atoms with Gasteiger partial charge in [-0.25, -0.2) is 13.1 Å². The third-order valence-corrected chi connectivity index (χ3v) is 7.06. The summed E-state index contributed by atoms with van der Waals surface area (Å²) in [5.41, 5.74) is 0. The van der Waals surface area contributed by atoms with Gasteiger partial charge >= 0.3 is 0 Å². The van der Waals surface area contributed by atoms with Crippen LogP contribution >= 0.6 is 11.3 Å². The number of sulfonamides is 1. The van der Waals surface area contributed by atoms with Gasteiger partial charge in [0.05, 0.1) is 10.9 Å². The quantitative estimate of drug-likeness (QED) is 0.853. The summed E-state index contributed by atoms with van der Waals surface area (Å²) in [4.78, 5) is 3.96. The Morgan fingerprint density at radius 3 is 2.50 bits per heavy atom. The summed E-state index contributed by atoms with van der Waals surface area (Å²) in [6.07, 6.45) is 2.35. The zero-order valence-electron chi connectivity index (χ0n) is 13.9. The maximum atomic E-state index is 12.5. The maximum absolute atomic E-state index is 12.5. The fourth-order valence-electron chi connectivity index (χ4n) is 3.10. The summed E-state index contributed by atoms with van der Waals surface area (Å²) >= 11 is 1.70. The zero-order chi connectivity index (χ0) is 17.0. The van der Waals surface area contributed by atoms with Gasteiger partial charge in [0.1, 0.15) is 0 Å². The first kappa shape index (κ1) is 17.6. The SMILES string of the molecule is CC1CCN(C(CNS(=O)(=O)c2ccccc2)c2cccs2)CC1. The number of hydrogen-bond acceptors (Lipinski definition) is 4. The van der Waals surface area contributed by atoms with Crippen LogP contribution in [0.4, 0.5) is 0 Å². The number of rotatable bonds is 6. The van der Waals surface area contributed by atoms with Crippen LogP contribution in [-0.2, 0) is 10.0 Å². The highest BCUT2D eigenvalue weighted by Gasteiger charge is 2.27. The molecule has 1 fully saturated rings. The van der Waals surface area contributed by atoms with Crippen LogP contribution in [0.25, 0.3) is 0 Å². The lowest BCUT2D eigenvalue weighted by Gasteiger charge is -2.36. The van der Waals surface area contributed by atoms with E-state index in [9.17, 15) is 8.42 Å². The number of piperidine rings is 1. The second-order valence-corrected chi connectivity index (χ2v) is 9.16. The molecule has 1 saturated heterocycles. The lowest BCUT2D eigenvalue weighted by Crippen LogP contribution is -2.41. The van der Waals surface area contributed by atoms with Crippen molar-refractivity contribution >= 4 is 21.4 Å². The largest absolute Gasteiger partial charge is 0.294 e. The topological polar surface area (TPSA) is 49.4 Å².